The molecule has 1 aromatic carbocycles. The van der Waals surface area contributed by atoms with Crippen molar-refractivity contribution in [1.82, 2.24) is 5.73 Å². The van der Waals surface area contributed by atoms with E-state index in [1.807, 2.05) is 0 Å². The molecule has 1 heteroatoms. The average molecular weight is 230 g/mol. The van der Waals surface area contributed by atoms with E-state index in [4.69, 9.17) is 5.73 Å². The first-order valence-electron chi connectivity index (χ1n) is 6.78. The molecule has 0 saturated heterocycles. The third-order valence-electron chi connectivity index (χ3n) is 3.98. The van der Waals surface area contributed by atoms with E-state index >= 15 is 0 Å². The molecule has 0 amide bonds. The van der Waals surface area contributed by atoms with Crippen LogP contribution in [-0.2, 0) is 5.41 Å². The fourth-order valence-electron chi connectivity index (χ4n) is 2.68. The molecule has 0 aromatic heterocycles. The summed E-state index contributed by atoms with van der Waals surface area (Å²) in [7, 11) is 0. The number of rotatable bonds is 1. The highest BCUT2D eigenvalue weighted by molar-refractivity contribution is 5.29. The monoisotopic (exact) mass is 230 g/mol. The minimum Gasteiger partial charge on any atom is -0.255 e. The lowest BCUT2D eigenvalue weighted by molar-refractivity contribution is 0.388. The van der Waals surface area contributed by atoms with Crippen molar-refractivity contribution in [3.05, 3.63) is 35.4 Å². The summed E-state index contributed by atoms with van der Waals surface area (Å²) in [5.74, 6) is 0.700. The summed E-state index contributed by atoms with van der Waals surface area (Å²) in [5, 5.41) is 0. The molecule has 0 atom stereocenters. The molecule has 0 heterocycles. The third-order valence-corrected chi connectivity index (χ3v) is 3.98. The lowest BCUT2D eigenvalue weighted by Gasteiger charge is -2.26. The Hall–Kier alpha value is -0.820. The molecule has 1 aliphatic carbocycles. The van der Waals surface area contributed by atoms with Gasteiger partial charge >= 0.3 is 0 Å². The second-order valence-electron chi connectivity index (χ2n) is 6.42. The third kappa shape index (κ3) is 3.10. The second-order valence-corrected chi connectivity index (χ2v) is 6.42. The van der Waals surface area contributed by atoms with Crippen LogP contribution in [0.1, 0.15) is 63.5 Å². The summed E-state index contributed by atoms with van der Waals surface area (Å²) >= 11 is 0. The van der Waals surface area contributed by atoms with Gasteiger partial charge in [0.2, 0.25) is 0 Å². The summed E-state index contributed by atoms with van der Waals surface area (Å²) in [4.78, 5) is 0. The summed E-state index contributed by atoms with van der Waals surface area (Å²) in [6.45, 7) is 6.77. The van der Waals surface area contributed by atoms with Gasteiger partial charge in [0.05, 0.1) is 0 Å². The molecule has 1 fully saturated rings. The molecule has 1 radical (unpaired) electrons. The van der Waals surface area contributed by atoms with Gasteiger partial charge in [-0.15, -0.1) is 0 Å². The highest BCUT2D eigenvalue weighted by Gasteiger charge is 2.21. The van der Waals surface area contributed by atoms with Gasteiger partial charge in [0.25, 0.3) is 0 Å². The standard InChI is InChI=1S/C16H24N/c1-16(2,3)14-8-4-12(5-9-14)13-6-10-15(17)11-7-13/h4-5,8-9,13,15,17H,6-7,10-11H2,1-3H3. The van der Waals surface area contributed by atoms with Gasteiger partial charge in [0.1, 0.15) is 0 Å². The zero-order chi connectivity index (χ0) is 12.5. The van der Waals surface area contributed by atoms with E-state index in [0.717, 1.165) is 12.8 Å². The van der Waals surface area contributed by atoms with Crippen molar-refractivity contribution in [3.8, 4) is 0 Å². The minimum atomic E-state index is 0.195. The van der Waals surface area contributed by atoms with E-state index in [2.05, 4.69) is 45.0 Å². The molecule has 0 bridgehead atoms. The lowest BCUT2D eigenvalue weighted by Crippen LogP contribution is -2.18. The molecule has 1 aromatic rings. The Morgan fingerprint density at radius 2 is 1.47 bits per heavy atom. The highest BCUT2D eigenvalue weighted by atomic mass is 14.6. The van der Waals surface area contributed by atoms with Crippen LogP contribution in [-0.4, -0.2) is 6.04 Å². The highest BCUT2D eigenvalue weighted by Crippen LogP contribution is 2.33. The Morgan fingerprint density at radius 1 is 0.941 bits per heavy atom. The fourth-order valence-corrected chi connectivity index (χ4v) is 2.68. The van der Waals surface area contributed by atoms with Crippen LogP contribution >= 0.6 is 0 Å². The average Bonchev–Trinajstić information content (AvgIpc) is 2.29. The van der Waals surface area contributed by atoms with Crippen LogP contribution in [0.5, 0.6) is 0 Å². The first kappa shape index (κ1) is 12.6. The molecule has 1 nitrogen and oxygen atoms in total. The fraction of sp³-hybridized carbons (Fsp3) is 0.625. The Balaban J connectivity index is 2.08. The van der Waals surface area contributed by atoms with Crippen LogP contribution in [0.25, 0.3) is 0 Å². The predicted octanol–water partition coefficient (Wildman–Crippen LogP) is 4.29. The van der Waals surface area contributed by atoms with E-state index < -0.39 is 0 Å². The largest absolute Gasteiger partial charge is 0.255 e. The molecule has 17 heavy (non-hydrogen) atoms. The van der Waals surface area contributed by atoms with Crippen LogP contribution in [0.2, 0.25) is 0 Å². The molecule has 0 unspecified atom stereocenters. The molecular formula is C16H24N. The lowest BCUT2D eigenvalue weighted by atomic mass is 9.80. The van der Waals surface area contributed by atoms with Gasteiger partial charge in [0.15, 0.2) is 0 Å². The summed E-state index contributed by atoms with van der Waals surface area (Å²) < 4.78 is 0. The normalized spacial score (nSPS) is 25.9. The first-order valence-corrected chi connectivity index (χ1v) is 6.78. The van der Waals surface area contributed by atoms with Gasteiger partial charge in [-0.1, -0.05) is 45.0 Å². The number of hydrogen-bond acceptors (Lipinski definition) is 0. The zero-order valence-electron chi connectivity index (χ0n) is 11.3. The van der Waals surface area contributed by atoms with E-state index in [1.54, 1.807) is 0 Å². The van der Waals surface area contributed by atoms with Crippen LogP contribution in [0.4, 0.5) is 0 Å². The van der Waals surface area contributed by atoms with Crippen LogP contribution < -0.4 is 5.73 Å². The van der Waals surface area contributed by atoms with E-state index in [1.165, 1.54) is 24.0 Å². The van der Waals surface area contributed by atoms with Crippen molar-refractivity contribution < 1.29 is 0 Å². The minimum absolute atomic E-state index is 0.195. The number of hydrogen-bond donors (Lipinski definition) is 0. The summed E-state index contributed by atoms with van der Waals surface area (Å²) in [5.41, 5.74) is 10.9. The van der Waals surface area contributed by atoms with Crippen molar-refractivity contribution >= 4 is 0 Å². The smallest absolute Gasteiger partial charge is 0.0213 e. The van der Waals surface area contributed by atoms with Crippen molar-refractivity contribution in [2.75, 3.05) is 0 Å². The summed E-state index contributed by atoms with van der Waals surface area (Å²) in [6, 6.07) is 9.36. The van der Waals surface area contributed by atoms with Crippen molar-refractivity contribution in [1.29, 1.82) is 0 Å². The quantitative estimate of drug-likeness (QED) is 0.687. The Bertz CT molecular complexity index is 350. The van der Waals surface area contributed by atoms with Gasteiger partial charge in [-0.3, -0.25) is 5.73 Å². The topological polar surface area (TPSA) is 23.8 Å². The van der Waals surface area contributed by atoms with Gasteiger partial charge < -0.3 is 0 Å². The van der Waals surface area contributed by atoms with Crippen molar-refractivity contribution in [2.24, 2.45) is 0 Å². The Kier molecular flexibility index (Phi) is 3.58. The first-order chi connectivity index (χ1) is 7.97. The molecule has 93 valence electrons. The van der Waals surface area contributed by atoms with Gasteiger partial charge in [-0.25, -0.2) is 0 Å². The molecule has 1 aliphatic rings. The number of nitrogens with one attached hydrogen (secondary N) is 1. The summed E-state index contributed by atoms with van der Waals surface area (Å²) in [6.07, 6.45) is 4.55. The second kappa shape index (κ2) is 4.81. The van der Waals surface area contributed by atoms with E-state index in [-0.39, 0.29) is 11.5 Å². The SMILES string of the molecule is CC(C)(C)c1ccc(C2CCC([NH])CC2)cc1. The van der Waals surface area contributed by atoms with Crippen LogP contribution in [0, 0.1) is 0 Å². The zero-order valence-corrected chi connectivity index (χ0v) is 11.3. The number of benzene rings is 1. The van der Waals surface area contributed by atoms with Crippen LogP contribution in [0.3, 0.4) is 0 Å². The van der Waals surface area contributed by atoms with E-state index in [9.17, 15) is 0 Å². The maximum absolute atomic E-state index is 7.74. The molecule has 1 N–H and O–H groups in total. The van der Waals surface area contributed by atoms with Crippen molar-refractivity contribution in [3.63, 3.8) is 0 Å². The maximum atomic E-state index is 7.74. The molecule has 1 saturated carbocycles. The molecular weight excluding hydrogens is 206 g/mol. The molecule has 0 spiro atoms. The van der Waals surface area contributed by atoms with Gasteiger partial charge in [-0.2, -0.15) is 0 Å². The maximum Gasteiger partial charge on any atom is 0.0213 e. The Morgan fingerprint density at radius 3 is 1.94 bits per heavy atom. The van der Waals surface area contributed by atoms with Crippen LogP contribution in [0.15, 0.2) is 24.3 Å². The predicted molar refractivity (Wildman–Crippen MR) is 73.2 cm³/mol. The molecule has 0 aliphatic heterocycles. The Labute approximate surface area is 105 Å². The van der Waals surface area contributed by atoms with E-state index in [0.29, 0.717) is 5.92 Å². The van der Waals surface area contributed by atoms with Gasteiger partial charge in [0, 0.05) is 6.04 Å². The van der Waals surface area contributed by atoms with Gasteiger partial charge in [-0.05, 0) is 48.1 Å². The van der Waals surface area contributed by atoms with Crippen molar-refractivity contribution in [2.45, 2.75) is 63.8 Å². The molecule has 2 rings (SSSR count).